The summed E-state index contributed by atoms with van der Waals surface area (Å²) in [7, 11) is 0. The summed E-state index contributed by atoms with van der Waals surface area (Å²) >= 11 is 0. The molecule has 6 nitrogen and oxygen atoms in total. The van der Waals surface area contributed by atoms with Crippen molar-refractivity contribution in [1.29, 1.82) is 0 Å². The SMILES string of the molecule is C#CCCC1(CCN2CCCN(C(N)=O)CC2)N=N1. The van der Waals surface area contributed by atoms with Crippen molar-refractivity contribution in [3.05, 3.63) is 0 Å². The van der Waals surface area contributed by atoms with Gasteiger partial charge in [-0.15, -0.1) is 12.3 Å². The zero-order chi connectivity index (χ0) is 13.7. The number of hydrogen-bond acceptors (Lipinski definition) is 4. The van der Waals surface area contributed by atoms with Gasteiger partial charge in [-0.3, -0.25) is 0 Å². The maximum atomic E-state index is 11.1. The van der Waals surface area contributed by atoms with Crippen LogP contribution in [0.5, 0.6) is 0 Å². The first-order valence-corrected chi connectivity index (χ1v) is 6.79. The minimum Gasteiger partial charge on any atom is -0.351 e. The molecular weight excluding hydrogens is 242 g/mol. The Kier molecular flexibility index (Phi) is 4.38. The van der Waals surface area contributed by atoms with E-state index in [9.17, 15) is 4.79 Å². The fourth-order valence-electron chi connectivity index (χ4n) is 2.42. The van der Waals surface area contributed by atoms with Crippen LogP contribution in [0.3, 0.4) is 0 Å². The van der Waals surface area contributed by atoms with Gasteiger partial charge < -0.3 is 15.5 Å². The molecule has 2 aliphatic heterocycles. The standard InChI is InChI=1S/C13H21N5O/c1-2-3-5-13(15-16-13)6-9-17-7-4-8-18(11-10-17)12(14)19/h1H,3-11H2,(H2,14,19). The second kappa shape index (κ2) is 6.02. The van der Waals surface area contributed by atoms with Gasteiger partial charge in [0.1, 0.15) is 0 Å². The molecule has 0 unspecified atom stereocenters. The number of nitrogens with zero attached hydrogens (tertiary/aromatic N) is 4. The zero-order valence-electron chi connectivity index (χ0n) is 11.2. The predicted octanol–water partition coefficient (Wildman–Crippen LogP) is 1.04. The van der Waals surface area contributed by atoms with E-state index in [2.05, 4.69) is 21.0 Å². The monoisotopic (exact) mass is 263 g/mol. The Morgan fingerprint density at radius 1 is 1.26 bits per heavy atom. The van der Waals surface area contributed by atoms with E-state index in [1.807, 2.05) is 0 Å². The first-order valence-electron chi connectivity index (χ1n) is 6.79. The van der Waals surface area contributed by atoms with Crippen molar-refractivity contribution in [3.8, 4) is 12.3 Å². The first-order chi connectivity index (χ1) is 9.15. The van der Waals surface area contributed by atoms with Crippen LogP contribution < -0.4 is 5.73 Å². The molecule has 1 fully saturated rings. The van der Waals surface area contributed by atoms with E-state index in [-0.39, 0.29) is 11.7 Å². The highest BCUT2D eigenvalue weighted by Gasteiger charge is 2.39. The van der Waals surface area contributed by atoms with Crippen molar-refractivity contribution >= 4 is 6.03 Å². The van der Waals surface area contributed by atoms with E-state index >= 15 is 0 Å². The molecule has 2 aliphatic rings. The number of terminal acetylenes is 1. The van der Waals surface area contributed by atoms with Crippen LogP contribution in [0.2, 0.25) is 0 Å². The van der Waals surface area contributed by atoms with Crippen LogP contribution in [0.15, 0.2) is 10.2 Å². The van der Waals surface area contributed by atoms with E-state index in [1.54, 1.807) is 4.90 Å². The molecule has 0 radical (unpaired) electrons. The van der Waals surface area contributed by atoms with E-state index in [0.29, 0.717) is 6.54 Å². The highest BCUT2D eigenvalue weighted by atomic mass is 16.2. The lowest BCUT2D eigenvalue weighted by Gasteiger charge is -2.21. The van der Waals surface area contributed by atoms with Crippen molar-refractivity contribution in [1.82, 2.24) is 9.80 Å². The first kappa shape index (κ1) is 13.8. The molecule has 2 rings (SSSR count). The molecule has 2 amide bonds. The Hall–Kier alpha value is -1.61. The Morgan fingerprint density at radius 2 is 2.05 bits per heavy atom. The maximum Gasteiger partial charge on any atom is 0.314 e. The molecule has 0 aromatic heterocycles. The lowest BCUT2D eigenvalue weighted by molar-refractivity contribution is 0.206. The average molecular weight is 263 g/mol. The third kappa shape index (κ3) is 3.93. The van der Waals surface area contributed by atoms with Gasteiger partial charge >= 0.3 is 6.03 Å². The van der Waals surface area contributed by atoms with Crippen molar-refractivity contribution in [2.75, 3.05) is 32.7 Å². The number of amides is 2. The van der Waals surface area contributed by atoms with Crippen molar-refractivity contribution in [3.63, 3.8) is 0 Å². The molecule has 19 heavy (non-hydrogen) atoms. The Bertz CT molecular complexity index is 394. The number of rotatable bonds is 5. The number of primary amides is 1. The summed E-state index contributed by atoms with van der Waals surface area (Å²) in [6, 6.07) is -0.320. The second-order valence-corrected chi connectivity index (χ2v) is 5.16. The van der Waals surface area contributed by atoms with Crippen molar-refractivity contribution in [2.24, 2.45) is 16.0 Å². The van der Waals surface area contributed by atoms with Gasteiger partial charge in [-0.25, -0.2) is 4.79 Å². The van der Waals surface area contributed by atoms with Crippen LogP contribution in [-0.2, 0) is 0 Å². The molecule has 0 aromatic rings. The van der Waals surface area contributed by atoms with Crippen molar-refractivity contribution in [2.45, 2.75) is 31.3 Å². The van der Waals surface area contributed by atoms with E-state index < -0.39 is 0 Å². The molecule has 0 aromatic carbocycles. The summed E-state index contributed by atoms with van der Waals surface area (Å²) in [5.41, 5.74) is 5.10. The average Bonchev–Trinajstić information content (AvgIpc) is 3.18. The third-order valence-corrected chi connectivity index (χ3v) is 3.78. The number of urea groups is 1. The van der Waals surface area contributed by atoms with Gasteiger partial charge in [0.05, 0.1) is 0 Å². The van der Waals surface area contributed by atoms with Gasteiger partial charge in [0, 0.05) is 45.4 Å². The van der Waals surface area contributed by atoms with Crippen LogP contribution in [0.25, 0.3) is 0 Å². The number of carbonyl (C=O) groups excluding carboxylic acids is 1. The van der Waals surface area contributed by atoms with Crippen molar-refractivity contribution < 1.29 is 4.79 Å². The highest BCUT2D eigenvalue weighted by molar-refractivity contribution is 5.71. The summed E-state index contributed by atoms with van der Waals surface area (Å²) in [5.74, 6) is 2.64. The predicted molar refractivity (Wildman–Crippen MR) is 72.5 cm³/mol. The molecule has 0 atom stereocenters. The summed E-state index contributed by atoms with van der Waals surface area (Å²) in [6.07, 6.45) is 8.74. The largest absolute Gasteiger partial charge is 0.351 e. The topological polar surface area (TPSA) is 74.3 Å². The molecule has 104 valence electrons. The molecule has 1 saturated heterocycles. The highest BCUT2D eigenvalue weighted by Crippen LogP contribution is 2.36. The molecule has 0 aliphatic carbocycles. The van der Waals surface area contributed by atoms with Crippen LogP contribution in [0, 0.1) is 12.3 Å². The second-order valence-electron chi connectivity index (χ2n) is 5.16. The molecule has 2 heterocycles. The van der Waals surface area contributed by atoms with Crippen LogP contribution >= 0.6 is 0 Å². The fraction of sp³-hybridized carbons (Fsp3) is 0.769. The summed E-state index contributed by atoms with van der Waals surface area (Å²) in [5, 5.41) is 8.28. The minimum atomic E-state index is -0.320. The molecule has 6 heteroatoms. The fourth-order valence-corrected chi connectivity index (χ4v) is 2.42. The smallest absolute Gasteiger partial charge is 0.314 e. The van der Waals surface area contributed by atoms with Gasteiger partial charge in [0.15, 0.2) is 5.66 Å². The van der Waals surface area contributed by atoms with Crippen LogP contribution in [0.1, 0.15) is 25.7 Å². The normalized spacial score (nSPS) is 21.7. The zero-order valence-corrected chi connectivity index (χ0v) is 11.2. The quantitative estimate of drug-likeness (QED) is 0.752. The summed E-state index contributed by atoms with van der Waals surface area (Å²) < 4.78 is 0. The minimum absolute atomic E-state index is 0.206. The Labute approximate surface area is 114 Å². The number of hydrogen-bond donors (Lipinski definition) is 1. The third-order valence-electron chi connectivity index (χ3n) is 3.78. The number of carbonyl (C=O) groups is 1. The summed E-state index contributed by atoms with van der Waals surface area (Å²) in [4.78, 5) is 15.2. The van der Waals surface area contributed by atoms with E-state index in [0.717, 1.165) is 51.9 Å². The number of nitrogens with two attached hydrogens (primary N) is 1. The van der Waals surface area contributed by atoms with Crippen LogP contribution in [0.4, 0.5) is 4.79 Å². The molecule has 0 saturated carbocycles. The summed E-state index contributed by atoms with van der Waals surface area (Å²) in [6.45, 7) is 4.27. The van der Waals surface area contributed by atoms with Gasteiger partial charge in [-0.2, -0.15) is 10.2 Å². The van der Waals surface area contributed by atoms with Gasteiger partial charge in [-0.05, 0) is 13.0 Å². The molecule has 0 spiro atoms. The molecule has 0 bridgehead atoms. The van der Waals surface area contributed by atoms with Gasteiger partial charge in [0.25, 0.3) is 0 Å². The van der Waals surface area contributed by atoms with E-state index in [1.165, 1.54) is 0 Å². The lowest BCUT2D eigenvalue weighted by atomic mass is 10.0. The maximum absolute atomic E-state index is 11.1. The van der Waals surface area contributed by atoms with Gasteiger partial charge in [-0.1, -0.05) is 0 Å². The lowest BCUT2D eigenvalue weighted by Crippen LogP contribution is -2.39. The Balaban J connectivity index is 1.72. The Morgan fingerprint density at radius 3 is 2.68 bits per heavy atom. The molecule has 2 N–H and O–H groups in total. The molecular formula is C13H21N5O. The van der Waals surface area contributed by atoms with Crippen LogP contribution in [-0.4, -0.2) is 54.2 Å². The van der Waals surface area contributed by atoms with E-state index in [4.69, 9.17) is 12.2 Å². The van der Waals surface area contributed by atoms with Gasteiger partial charge in [0.2, 0.25) is 0 Å².